The molecule has 4 fully saturated rings. The Balaban J connectivity index is 0.000000418. The van der Waals surface area contributed by atoms with Crippen LogP contribution in [-0.4, -0.2) is 185 Å². The first-order valence-electron chi connectivity index (χ1n) is 19.7. The topological polar surface area (TPSA) is 253 Å². The number of amides is 6. The van der Waals surface area contributed by atoms with Gasteiger partial charge in [0, 0.05) is 46.7 Å². The average molecular weight is 955 g/mol. The van der Waals surface area contributed by atoms with Gasteiger partial charge in [0.25, 0.3) is 21.9 Å². The van der Waals surface area contributed by atoms with Gasteiger partial charge in [-0.2, -0.15) is 8.42 Å². The molecule has 23 heteroatoms. The first-order valence-corrected chi connectivity index (χ1v) is 21.5. The van der Waals surface area contributed by atoms with Crippen LogP contribution in [0.25, 0.3) is 5.32 Å². The van der Waals surface area contributed by atoms with Gasteiger partial charge in [-0.05, 0) is 12.1 Å². The molecular weight excluding hydrogens is 894 g/mol. The smallest absolute Gasteiger partial charge is 0.595 e. The molecule has 4 bridgehead atoms. The van der Waals surface area contributed by atoms with E-state index in [0.717, 1.165) is 11.2 Å². The number of furan rings is 1. The normalized spacial score (nSPS) is 25.9. The Morgan fingerprint density at radius 3 is 1.33 bits per heavy atom. The van der Waals surface area contributed by atoms with Gasteiger partial charge in [-0.15, -0.1) is 0 Å². The van der Waals surface area contributed by atoms with Crippen LogP contribution < -0.4 is 51.4 Å². The maximum atomic E-state index is 12.2. The predicted octanol–water partition coefficient (Wildman–Crippen LogP) is -2.05. The van der Waals surface area contributed by atoms with Crippen LogP contribution in [0.4, 0.5) is 0 Å². The molecule has 0 radical (unpaired) electrons. The quantitative estimate of drug-likeness (QED) is 0.0476. The number of hydrogen-bond acceptors (Lipinski definition) is 18. The maximum absolute atomic E-state index is 12.2. The summed E-state index contributed by atoms with van der Waals surface area (Å²) in [4.78, 5) is 71.3. The Bertz CT molecular complexity index is 1760. The molecule has 7 aliphatic heterocycles. The van der Waals surface area contributed by atoms with E-state index in [9.17, 15) is 37.2 Å². The molecule has 0 N–H and O–H groups in total. The molecule has 4 saturated heterocycles. The van der Waals surface area contributed by atoms with Gasteiger partial charge < -0.3 is 57.2 Å². The van der Waals surface area contributed by atoms with Crippen LogP contribution in [0.2, 0.25) is 0 Å². The zero-order valence-corrected chi connectivity index (χ0v) is 39.9. The summed E-state index contributed by atoms with van der Waals surface area (Å²) in [5, 5.41) is 3.42. The SMILES string of the molecule is C.COCCOCCN1C(=O)C2C3C=CC(O3)C2C1=O.COCCOCCN1C(=O)C=CC1=O.COCCOCCOS(C)(=O)=O.O=C1[N-]C(=O)C2C3C=CC(O3)C12.[2HH].[K+].c1ccoc1. The average Bonchev–Trinajstić information content (AvgIpc) is 4.12. The first kappa shape index (κ1) is 57.3. The summed E-state index contributed by atoms with van der Waals surface area (Å²) in [6, 6.07) is 3.67. The number of hydrogen-bond donors (Lipinski definition) is 0. The molecule has 64 heavy (non-hydrogen) atoms. The van der Waals surface area contributed by atoms with Crippen LogP contribution in [0.15, 0.2) is 65.5 Å². The fourth-order valence-electron chi connectivity index (χ4n) is 6.91. The molecule has 21 nitrogen and oxygen atoms in total. The Hall–Kier alpha value is -2.85. The molecule has 0 saturated carbocycles. The van der Waals surface area contributed by atoms with Gasteiger partial charge in [0.2, 0.25) is 11.8 Å². The number of nitrogens with zero attached hydrogens (tertiary/aromatic N) is 3. The summed E-state index contributed by atoms with van der Waals surface area (Å²) in [6.45, 7) is 4.54. The Labute approximate surface area is 417 Å². The van der Waals surface area contributed by atoms with Gasteiger partial charge in [0.1, 0.15) is 0 Å². The zero-order valence-electron chi connectivity index (χ0n) is 36.0. The van der Waals surface area contributed by atoms with E-state index in [-0.39, 0.29) is 157 Å². The van der Waals surface area contributed by atoms with Crippen molar-refractivity contribution >= 4 is 45.6 Å². The van der Waals surface area contributed by atoms with E-state index in [0.29, 0.717) is 65.9 Å². The van der Waals surface area contributed by atoms with Gasteiger partial charge in [-0.1, -0.05) is 31.7 Å². The number of likely N-dealkylation sites (tertiary alicyclic amines) is 1. The maximum Gasteiger partial charge on any atom is 1.00 e. The van der Waals surface area contributed by atoms with Crippen molar-refractivity contribution in [2.45, 2.75) is 31.8 Å². The third kappa shape index (κ3) is 17.1. The summed E-state index contributed by atoms with van der Waals surface area (Å²) in [5.74, 6) is -2.66. The van der Waals surface area contributed by atoms with Gasteiger partial charge in [0.15, 0.2) is 0 Å². The number of imide groups is 3. The van der Waals surface area contributed by atoms with Crippen LogP contribution in [0.5, 0.6) is 0 Å². The van der Waals surface area contributed by atoms with Crippen molar-refractivity contribution in [2.75, 3.05) is 107 Å². The second kappa shape index (κ2) is 29.7. The van der Waals surface area contributed by atoms with E-state index in [2.05, 4.69) is 13.9 Å². The first-order chi connectivity index (χ1) is 29.8. The van der Waals surface area contributed by atoms with Crippen molar-refractivity contribution in [3.8, 4) is 0 Å². The van der Waals surface area contributed by atoms with Crippen LogP contribution in [0.3, 0.4) is 0 Å². The van der Waals surface area contributed by atoms with Gasteiger partial charge in [-0.3, -0.25) is 33.2 Å². The van der Waals surface area contributed by atoms with E-state index in [1.807, 2.05) is 36.4 Å². The molecule has 1 aromatic heterocycles. The minimum Gasteiger partial charge on any atom is -0.595 e. The van der Waals surface area contributed by atoms with Crippen LogP contribution in [-0.2, 0) is 81.0 Å². The number of carbonyl (C=O) groups excluding carboxylic acids is 6. The van der Waals surface area contributed by atoms with E-state index >= 15 is 0 Å². The number of ether oxygens (including phenoxy) is 8. The van der Waals surface area contributed by atoms with Crippen molar-refractivity contribution in [3.05, 3.63) is 66.4 Å². The molecule has 354 valence electrons. The molecule has 8 heterocycles. The van der Waals surface area contributed by atoms with Crippen molar-refractivity contribution < 1.29 is 136 Å². The van der Waals surface area contributed by atoms with E-state index in [4.69, 9.17) is 37.9 Å². The number of fused-ring (bicyclic) bond motifs is 10. The summed E-state index contributed by atoms with van der Waals surface area (Å²) >= 11 is 0. The Morgan fingerprint density at radius 2 is 0.953 bits per heavy atom. The fraction of sp³-hybridized carbons (Fsp3) is 0.610. The van der Waals surface area contributed by atoms with Gasteiger partial charge in [-0.25, -0.2) is 0 Å². The molecule has 6 amide bonds. The summed E-state index contributed by atoms with van der Waals surface area (Å²) < 4.78 is 70.5. The molecule has 8 unspecified atom stereocenters. The van der Waals surface area contributed by atoms with E-state index in [1.165, 1.54) is 17.1 Å². The molecule has 8 rings (SSSR count). The fourth-order valence-corrected chi connectivity index (χ4v) is 7.28. The summed E-state index contributed by atoms with van der Waals surface area (Å²) in [6.07, 6.45) is 13.4. The molecule has 0 spiro atoms. The summed E-state index contributed by atoms with van der Waals surface area (Å²) in [7, 11) is 1.42. The van der Waals surface area contributed by atoms with Crippen LogP contribution >= 0.6 is 0 Å². The molecule has 1 aromatic rings. The van der Waals surface area contributed by atoms with Gasteiger partial charge in [0.05, 0.1) is 146 Å². The number of methoxy groups -OCH3 is 3. The zero-order chi connectivity index (χ0) is 45.1. The van der Waals surface area contributed by atoms with Crippen LogP contribution in [0, 0.1) is 23.7 Å². The van der Waals surface area contributed by atoms with Crippen molar-refractivity contribution in [1.29, 1.82) is 0 Å². The second-order valence-electron chi connectivity index (χ2n) is 13.9. The molecule has 0 aliphatic carbocycles. The van der Waals surface area contributed by atoms with Crippen molar-refractivity contribution in [1.82, 2.24) is 9.80 Å². The Kier molecular flexibility index (Phi) is 26.6. The van der Waals surface area contributed by atoms with Crippen LogP contribution in [0.1, 0.15) is 8.85 Å². The standard InChI is InChI=1S/C13H17NO5.C9H13NO4.C8H7NO3.C6H14O5S.C4H4O.CH4.K.H2/c1-17-6-7-18-5-4-14-12(15)10-8-2-3-9(19-8)11(10)13(14)16;1-13-6-7-14-5-4-10-8(11)2-3-9(10)12;10-7-5-3-1-2-4(12-3)6(5)8(11)9-7;1-9-3-4-10-5-6-11-12(2,7)8;1-2-4-5-3-1;;;/h2-3,8-11H,4-7H2,1H3;2-3H,4-7H2,1H3;1-6H,(H,9,10,11);3-6H2,1-2H3;1-4H;1H4;;1H/q;;;;;;+1;/p-1/i;;;;;;;1+1. The number of carbonyl (C=O) groups is 6. The molecule has 8 atom stereocenters. The summed E-state index contributed by atoms with van der Waals surface area (Å²) in [5.41, 5.74) is 0. The molecule has 0 aromatic carbocycles. The number of rotatable bonds is 19. The third-order valence-corrected chi connectivity index (χ3v) is 10.4. The second-order valence-corrected chi connectivity index (χ2v) is 15.6. The minimum absolute atomic E-state index is 0. The predicted molar refractivity (Wildman–Crippen MR) is 222 cm³/mol. The Morgan fingerprint density at radius 1 is 0.578 bits per heavy atom. The third-order valence-electron chi connectivity index (χ3n) is 9.76. The molecular formula is C41H60KN3O18S. The van der Waals surface area contributed by atoms with E-state index in [1.54, 1.807) is 33.9 Å². The van der Waals surface area contributed by atoms with E-state index < -0.39 is 10.1 Å². The monoisotopic (exact) mass is 954 g/mol. The van der Waals surface area contributed by atoms with Crippen molar-refractivity contribution in [3.63, 3.8) is 0 Å². The largest absolute Gasteiger partial charge is 1.00 e. The van der Waals surface area contributed by atoms with Gasteiger partial charge >= 0.3 is 51.4 Å². The molecule has 7 aliphatic rings. The minimum atomic E-state index is -3.33. The van der Waals surface area contributed by atoms with Crippen molar-refractivity contribution in [2.24, 2.45) is 23.7 Å².